The van der Waals surface area contributed by atoms with E-state index in [9.17, 15) is 5.11 Å². The molecule has 1 heteroatoms. The summed E-state index contributed by atoms with van der Waals surface area (Å²) < 4.78 is 0. The molecule has 4 rings (SSSR count). The summed E-state index contributed by atoms with van der Waals surface area (Å²) in [5.41, 5.74) is 7.28. The highest BCUT2D eigenvalue weighted by Gasteiger charge is 2.20. The summed E-state index contributed by atoms with van der Waals surface area (Å²) in [4.78, 5) is 0. The number of aliphatic hydroxyl groups excluding tert-OH is 1. The Morgan fingerprint density at radius 1 is 0.630 bits per heavy atom. The van der Waals surface area contributed by atoms with Crippen LogP contribution in [0.5, 0.6) is 0 Å². The minimum absolute atomic E-state index is 0.361. The SMILES string of the molecule is OC1C=C(C(=C(c2ccccc2)c2ccccc2)c2ccccc2)CCC1. The van der Waals surface area contributed by atoms with Crippen LogP contribution >= 0.6 is 0 Å². The fourth-order valence-corrected chi connectivity index (χ4v) is 3.87. The van der Waals surface area contributed by atoms with E-state index in [1.807, 2.05) is 0 Å². The highest BCUT2D eigenvalue weighted by Crippen LogP contribution is 2.40. The largest absolute Gasteiger partial charge is 0.389 e. The lowest BCUT2D eigenvalue weighted by atomic mass is 9.81. The number of aliphatic hydroxyl groups is 1. The first-order chi connectivity index (χ1) is 13.3. The van der Waals surface area contributed by atoms with Crippen molar-refractivity contribution in [1.29, 1.82) is 0 Å². The lowest BCUT2D eigenvalue weighted by Gasteiger charge is -2.24. The second kappa shape index (κ2) is 8.20. The summed E-state index contributed by atoms with van der Waals surface area (Å²) in [5, 5.41) is 10.3. The summed E-state index contributed by atoms with van der Waals surface area (Å²) in [6, 6.07) is 31.7. The van der Waals surface area contributed by atoms with Crippen molar-refractivity contribution in [3.63, 3.8) is 0 Å². The average Bonchev–Trinajstić information content (AvgIpc) is 2.74. The van der Waals surface area contributed by atoms with Crippen molar-refractivity contribution < 1.29 is 5.11 Å². The minimum Gasteiger partial charge on any atom is -0.389 e. The molecule has 134 valence electrons. The molecule has 0 fully saturated rings. The molecular formula is C26H24O. The standard InChI is InChI=1S/C26H24O/c27-24-18-10-17-23(19-24)26(22-15-8-3-9-16-22)25(20-11-4-1-5-12-20)21-13-6-2-7-14-21/h1-9,11-16,19,24,27H,10,17-18H2. The molecule has 1 aliphatic rings. The van der Waals surface area contributed by atoms with Gasteiger partial charge in [0.05, 0.1) is 6.10 Å². The van der Waals surface area contributed by atoms with Gasteiger partial charge in [-0.2, -0.15) is 0 Å². The molecule has 1 N–H and O–H groups in total. The summed E-state index contributed by atoms with van der Waals surface area (Å²) in [5.74, 6) is 0. The highest BCUT2D eigenvalue weighted by molar-refractivity contribution is 6.04. The Morgan fingerprint density at radius 3 is 1.52 bits per heavy atom. The van der Waals surface area contributed by atoms with Crippen molar-refractivity contribution in [2.75, 3.05) is 0 Å². The third-order valence-electron chi connectivity index (χ3n) is 5.10. The summed E-state index contributed by atoms with van der Waals surface area (Å²) in [7, 11) is 0. The van der Waals surface area contributed by atoms with Crippen LogP contribution in [0.15, 0.2) is 103 Å². The third kappa shape index (κ3) is 3.94. The van der Waals surface area contributed by atoms with E-state index < -0.39 is 0 Å². The van der Waals surface area contributed by atoms with Gasteiger partial charge in [0.2, 0.25) is 0 Å². The van der Waals surface area contributed by atoms with Gasteiger partial charge in [-0.3, -0.25) is 0 Å². The molecule has 0 heterocycles. The van der Waals surface area contributed by atoms with E-state index in [4.69, 9.17) is 0 Å². The topological polar surface area (TPSA) is 20.2 Å². The maximum absolute atomic E-state index is 10.3. The van der Waals surface area contributed by atoms with Crippen LogP contribution in [-0.4, -0.2) is 11.2 Å². The van der Waals surface area contributed by atoms with Gasteiger partial charge in [0.15, 0.2) is 0 Å². The fraction of sp³-hybridized carbons (Fsp3) is 0.154. The van der Waals surface area contributed by atoms with Gasteiger partial charge in [-0.15, -0.1) is 0 Å². The zero-order chi connectivity index (χ0) is 18.5. The molecule has 1 unspecified atom stereocenters. The Kier molecular flexibility index (Phi) is 5.32. The summed E-state index contributed by atoms with van der Waals surface area (Å²) in [6.07, 6.45) is 4.54. The Labute approximate surface area is 161 Å². The summed E-state index contributed by atoms with van der Waals surface area (Å²) in [6.45, 7) is 0. The molecule has 3 aromatic carbocycles. The minimum atomic E-state index is -0.361. The fourth-order valence-electron chi connectivity index (χ4n) is 3.87. The molecule has 0 aliphatic heterocycles. The molecule has 0 bridgehead atoms. The van der Waals surface area contributed by atoms with E-state index in [1.165, 1.54) is 33.4 Å². The van der Waals surface area contributed by atoms with Crippen LogP contribution in [0.1, 0.15) is 36.0 Å². The smallest absolute Gasteiger partial charge is 0.0726 e. The predicted octanol–water partition coefficient (Wildman–Crippen LogP) is 6.12. The van der Waals surface area contributed by atoms with Crippen LogP contribution in [0.4, 0.5) is 0 Å². The molecule has 0 aromatic heterocycles. The van der Waals surface area contributed by atoms with E-state index in [2.05, 4.69) is 97.1 Å². The first-order valence-electron chi connectivity index (χ1n) is 9.62. The average molecular weight is 352 g/mol. The zero-order valence-electron chi connectivity index (χ0n) is 15.4. The van der Waals surface area contributed by atoms with Crippen LogP contribution in [0.3, 0.4) is 0 Å². The first-order valence-corrected chi connectivity index (χ1v) is 9.62. The van der Waals surface area contributed by atoms with E-state index in [1.54, 1.807) is 0 Å². The van der Waals surface area contributed by atoms with Crippen molar-refractivity contribution in [2.24, 2.45) is 0 Å². The van der Waals surface area contributed by atoms with Crippen LogP contribution < -0.4 is 0 Å². The van der Waals surface area contributed by atoms with Crippen LogP contribution in [0.25, 0.3) is 11.1 Å². The molecule has 0 spiro atoms. The maximum Gasteiger partial charge on any atom is 0.0726 e. The first kappa shape index (κ1) is 17.5. The van der Waals surface area contributed by atoms with Crippen LogP contribution in [0, 0.1) is 0 Å². The maximum atomic E-state index is 10.3. The Balaban J connectivity index is 2.04. The van der Waals surface area contributed by atoms with Crippen molar-refractivity contribution in [1.82, 2.24) is 0 Å². The molecule has 1 nitrogen and oxygen atoms in total. The molecule has 1 atom stereocenters. The predicted molar refractivity (Wildman–Crippen MR) is 113 cm³/mol. The number of benzene rings is 3. The third-order valence-corrected chi connectivity index (χ3v) is 5.10. The number of hydrogen-bond acceptors (Lipinski definition) is 1. The van der Waals surface area contributed by atoms with E-state index in [0.29, 0.717) is 0 Å². The second-order valence-electron chi connectivity index (χ2n) is 7.00. The molecule has 0 amide bonds. The normalized spacial score (nSPS) is 16.5. The van der Waals surface area contributed by atoms with E-state index in [0.717, 1.165) is 19.3 Å². The van der Waals surface area contributed by atoms with Gasteiger partial charge in [0.25, 0.3) is 0 Å². The molecule has 0 radical (unpaired) electrons. The van der Waals surface area contributed by atoms with Gasteiger partial charge in [0, 0.05) is 0 Å². The van der Waals surface area contributed by atoms with Gasteiger partial charge < -0.3 is 5.11 Å². The second-order valence-corrected chi connectivity index (χ2v) is 7.00. The number of hydrogen-bond donors (Lipinski definition) is 1. The van der Waals surface area contributed by atoms with E-state index in [-0.39, 0.29) is 6.10 Å². The van der Waals surface area contributed by atoms with Crippen LogP contribution in [0.2, 0.25) is 0 Å². The van der Waals surface area contributed by atoms with Crippen LogP contribution in [-0.2, 0) is 0 Å². The van der Waals surface area contributed by atoms with E-state index >= 15 is 0 Å². The van der Waals surface area contributed by atoms with Crippen molar-refractivity contribution >= 4 is 11.1 Å². The highest BCUT2D eigenvalue weighted by atomic mass is 16.3. The molecule has 0 saturated heterocycles. The Morgan fingerprint density at radius 2 is 1.07 bits per heavy atom. The molecule has 27 heavy (non-hydrogen) atoms. The number of allylic oxidation sites excluding steroid dienone is 2. The molecule has 0 saturated carbocycles. The van der Waals surface area contributed by atoms with Gasteiger partial charge in [-0.25, -0.2) is 0 Å². The zero-order valence-corrected chi connectivity index (χ0v) is 15.4. The van der Waals surface area contributed by atoms with Gasteiger partial charge in [0.1, 0.15) is 0 Å². The van der Waals surface area contributed by atoms with Gasteiger partial charge in [-0.1, -0.05) is 97.1 Å². The lowest BCUT2D eigenvalue weighted by Crippen LogP contribution is -2.11. The molecule has 1 aliphatic carbocycles. The molecule has 3 aromatic rings. The monoisotopic (exact) mass is 352 g/mol. The summed E-state index contributed by atoms with van der Waals surface area (Å²) >= 11 is 0. The van der Waals surface area contributed by atoms with Crippen molar-refractivity contribution in [3.8, 4) is 0 Å². The molecular weight excluding hydrogens is 328 g/mol. The van der Waals surface area contributed by atoms with Crippen molar-refractivity contribution in [2.45, 2.75) is 25.4 Å². The van der Waals surface area contributed by atoms with Gasteiger partial charge >= 0.3 is 0 Å². The Hall–Kier alpha value is -2.90. The number of rotatable bonds is 4. The Bertz CT molecular complexity index is 896. The quantitative estimate of drug-likeness (QED) is 0.561. The van der Waals surface area contributed by atoms with Gasteiger partial charge in [-0.05, 0) is 52.7 Å². The van der Waals surface area contributed by atoms with Crippen molar-refractivity contribution in [3.05, 3.63) is 119 Å². The lowest BCUT2D eigenvalue weighted by molar-refractivity contribution is 0.203.